The third kappa shape index (κ3) is 1.25. The van der Waals surface area contributed by atoms with Crippen LogP contribution in [0.2, 0.25) is 0 Å². The SMILES string of the molecule is O=C1C=C(C2CC2)C(=O)c2ccccc21. The largest absolute Gasteiger partial charge is 0.289 e. The van der Waals surface area contributed by atoms with Gasteiger partial charge in [-0.2, -0.15) is 0 Å². The van der Waals surface area contributed by atoms with E-state index in [1.165, 1.54) is 6.08 Å². The molecule has 2 aliphatic rings. The summed E-state index contributed by atoms with van der Waals surface area (Å²) < 4.78 is 0. The number of hydrogen-bond acceptors (Lipinski definition) is 2. The molecule has 0 amide bonds. The molecule has 1 saturated carbocycles. The summed E-state index contributed by atoms with van der Waals surface area (Å²) in [6.07, 6.45) is 3.63. The zero-order valence-electron chi connectivity index (χ0n) is 8.19. The Labute approximate surface area is 87.6 Å². The van der Waals surface area contributed by atoms with Gasteiger partial charge in [-0.15, -0.1) is 0 Å². The van der Waals surface area contributed by atoms with Gasteiger partial charge in [0, 0.05) is 16.7 Å². The fourth-order valence-electron chi connectivity index (χ4n) is 2.03. The fourth-order valence-corrected chi connectivity index (χ4v) is 2.03. The molecular formula is C13H10O2. The van der Waals surface area contributed by atoms with Crippen molar-refractivity contribution in [2.45, 2.75) is 12.8 Å². The van der Waals surface area contributed by atoms with E-state index in [1.54, 1.807) is 24.3 Å². The Bertz CT molecular complexity index is 493. The Kier molecular flexibility index (Phi) is 1.66. The maximum atomic E-state index is 12.0. The standard InChI is InChI=1S/C13H10O2/c14-12-7-11(8-5-6-8)13(15)10-4-2-1-3-9(10)12/h1-4,7-8H,5-6H2. The van der Waals surface area contributed by atoms with Crippen molar-refractivity contribution in [2.75, 3.05) is 0 Å². The monoisotopic (exact) mass is 198 g/mol. The number of carbonyl (C=O) groups is 2. The predicted molar refractivity (Wildman–Crippen MR) is 55.9 cm³/mol. The minimum absolute atomic E-state index is 0.0212. The molecule has 0 heterocycles. The van der Waals surface area contributed by atoms with Crippen LogP contribution in [-0.4, -0.2) is 11.6 Å². The summed E-state index contributed by atoms with van der Waals surface area (Å²) in [5.41, 5.74) is 1.84. The minimum atomic E-state index is -0.0212. The first-order valence-electron chi connectivity index (χ1n) is 5.17. The van der Waals surface area contributed by atoms with Crippen molar-refractivity contribution >= 4 is 11.6 Å². The lowest BCUT2D eigenvalue weighted by molar-refractivity contribution is 0.0980. The van der Waals surface area contributed by atoms with Crippen LogP contribution in [0.25, 0.3) is 0 Å². The van der Waals surface area contributed by atoms with E-state index in [0.717, 1.165) is 18.4 Å². The Morgan fingerprint density at radius 2 is 1.67 bits per heavy atom. The summed E-state index contributed by atoms with van der Waals surface area (Å²) in [6, 6.07) is 7.06. The molecule has 2 nitrogen and oxygen atoms in total. The molecule has 2 aliphatic carbocycles. The average Bonchev–Trinajstić information content (AvgIpc) is 3.07. The fraction of sp³-hybridized carbons (Fsp3) is 0.231. The van der Waals surface area contributed by atoms with Gasteiger partial charge in [-0.3, -0.25) is 9.59 Å². The highest BCUT2D eigenvalue weighted by atomic mass is 16.1. The summed E-state index contributed by atoms with van der Waals surface area (Å²) in [5, 5.41) is 0. The van der Waals surface area contributed by atoms with Crippen LogP contribution in [0.3, 0.4) is 0 Å². The van der Waals surface area contributed by atoms with Crippen LogP contribution in [-0.2, 0) is 0 Å². The molecule has 0 radical (unpaired) electrons. The molecule has 0 aliphatic heterocycles. The van der Waals surface area contributed by atoms with E-state index in [-0.39, 0.29) is 11.6 Å². The quantitative estimate of drug-likeness (QED) is 0.694. The lowest BCUT2D eigenvalue weighted by Gasteiger charge is -2.13. The second-order valence-electron chi connectivity index (χ2n) is 4.11. The zero-order valence-corrected chi connectivity index (χ0v) is 8.19. The Balaban J connectivity index is 2.15. The predicted octanol–water partition coefficient (Wildman–Crippen LogP) is 2.40. The molecule has 0 aromatic heterocycles. The summed E-state index contributed by atoms with van der Waals surface area (Å²) in [4.78, 5) is 23.8. The molecule has 0 saturated heterocycles. The van der Waals surface area contributed by atoms with Gasteiger partial charge in [0.05, 0.1) is 0 Å². The van der Waals surface area contributed by atoms with Crippen molar-refractivity contribution in [1.82, 2.24) is 0 Å². The lowest BCUT2D eigenvalue weighted by atomic mass is 9.87. The van der Waals surface area contributed by atoms with Gasteiger partial charge < -0.3 is 0 Å². The van der Waals surface area contributed by atoms with Gasteiger partial charge in [0.15, 0.2) is 11.6 Å². The molecular weight excluding hydrogens is 188 g/mol. The molecule has 0 N–H and O–H groups in total. The van der Waals surface area contributed by atoms with E-state index in [0.29, 0.717) is 17.0 Å². The number of allylic oxidation sites excluding steroid dienone is 2. The van der Waals surface area contributed by atoms with Crippen LogP contribution in [0, 0.1) is 5.92 Å². The first-order valence-corrected chi connectivity index (χ1v) is 5.17. The van der Waals surface area contributed by atoms with E-state index < -0.39 is 0 Å². The minimum Gasteiger partial charge on any atom is -0.289 e. The zero-order chi connectivity index (χ0) is 10.4. The molecule has 0 unspecified atom stereocenters. The van der Waals surface area contributed by atoms with Crippen LogP contribution in [0.5, 0.6) is 0 Å². The van der Waals surface area contributed by atoms with Gasteiger partial charge in [0.25, 0.3) is 0 Å². The highest BCUT2D eigenvalue weighted by Crippen LogP contribution is 2.40. The Hall–Kier alpha value is -1.70. The third-order valence-electron chi connectivity index (χ3n) is 3.00. The van der Waals surface area contributed by atoms with Crippen LogP contribution < -0.4 is 0 Å². The van der Waals surface area contributed by atoms with Gasteiger partial charge in [0.2, 0.25) is 0 Å². The number of hydrogen-bond donors (Lipinski definition) is 0. The number of benzene rings is 1. The Morgan fingerprint density at radius 1 is 1.00 bits per heavy atom. The van der Waals surface area contributed by atoms with Gasteiger partial charge in [-0.1, -0.05) is 24.3 Å². The van der Waals surface area contributed by atoms with E-state index in [2.05, 4.69) is 0 Å². The van der Waals surface area contributed by atoms with Crippen molar-refractivity contribution in [2.24, 2.45) is 5.92 Å². The summed E-state index contributed by atoms with van der Waals surface area (Å²) >= 11 is 0. The van der Waals surface area contributed by atoms with Crippen LogP contribution >= 0.6 is 0 Å². The summed E-state index contributed by atoms with van der Waals surface area (Å²) in [6.45, 7) is 0. The molecule has 1 fully saturated rings. The second-order valence-corrected chi connectivity index (χ2v) is 4.11. The third-order valence-corrected chi connectivity index (χ3v) is 3.00. The van der Waals surface area contributed by atoms with E-state index >= 15 is 0 Å². The topological polar surface area (TPSA) is 34.1 Å². The van der Waals surface area contributed by atoms with Crippen molar-refractivity contribution in [1.29, 1.82) is 0 Å². The molecule has 74 valence electrons. The normalized spacial score (nSPS) is 19.9. The second kappa shape index (κ2) is 2.89. The number of fused-ring (bicyclic) bond motifs is 1. The van der Waals surface area contributed by atoms with Gasteiger partial charge in [-0.05, 0) is 24.8 Å². The smallest absolute Gasteiger partial charge is 0.190 e. The maximum Gasteiger partial charge on any atom is 0.190 e. The molecule has 2 heteroatoms. The maximum absolute atomic E-state index is 12.0. The van der Waals surface area contributed by atoms with Crippen molar-refractivity contribution in [3.63, 3.8) is 0 Å². The van der Waals surface area contributed by atoms with Crippen LogP contribution in [0.4, 0.5) is 0 Å². The number of carbonyl (C=O) groups excluding carboxylic acids is 2. The van der Waals surface area contributed by atoms with Crippen LogP contribution in [0.1, 0.15) is 33.6 Å². The lowest BCUT2D eigenvalue weighted by Crippen LogP contribution is -2.17. The first kappa shape index (κ1) is 8.60. The molecule has 3 rings (SSSR count). The van der Waals surface area contributed by atoms with E-state index in [4.69, 9.17) is 0 Å². The summed E-state index contributed by atoms with van der Waals surface area (Å²) in [7, 11) is 0. The van der Waals surface area contributed by atoms with E-state index in [1.807, 2.05) is 0 Å². The number of ketones is 2. The first-order chi connectivity index (χ1) is 7.27. The molecule has 1 aromatic rings. The number of Topliss-reactive ketones (excluding diaryl/α,β-unsaturated/α-hetero) is 1. The van der Waals surface area contributed by atoms with Gasteiger partial charge in [0.1, 0.15) is 0 Å². The van der Waals surface area contributed by atoms with Crippen molar-refractivity contribution in [3.05, 3.63) is 47.0 Å². The molecule has 0 spiro atoms. The highest BCUT2D eigenvalue weighted by molar-refractivity contribution is 6.24. The van der Waals surface area contributed by atoms with Crippen LogP contribution in [0.15, 0.2) is 35.9 Å². The Morgan fingerprint density at radius 3 is 2.33 bits per heavy atom. The average molecular weight is 198 g/mol. The highest BCUT2D eigenvalue weighted by Gasteiger charge is 2.35. The molecule has 0 bridgehead atoms. The van der Waals surface area contributed by atoms with Gasteiger partial charge >= 0.3 is 0 Å². The number of rotatable bonds is 1. The molecule has 15 heavy (non-hydrogen) atoms. The van der Waals surface area contributed by atoms with E-state index in [9.17, 15) is 9.59 Å². The molecule has 0 atom stereocenters. The van der Waals surface area contributed by atoms with Crippen molar-refractivity contribution in [3.8, 4) is 0 Å². The van der Waals surface area contributed by atoms with Gasteiger partial charge in [-0.25, -0.2) is 0 Å². The molecule has 1 aromatic carbocycles. The summed E-state index contributed by atoms with van der Waals surface area (Å²) in [5.74, 6) is 0.370. The van der Waals surface area contributed by atoms with Crippen molar-refractivity contribution < 1.29 is 9.59 Å².